The minimum Gasteiger partial charge on any atom is -0.452 e. The van der Waals surface area contributed by atoms with E-state index in [0.29, 0.717) is 5.69 Å². The Morgan fingerprint density at radius 2 is 1.69 bits per heavy atom. The van der Waals surface area contributed by atoms with E-state index in [9.17, 15) is 18.0 Å². The molecular formula is C21H26N2O5S. The first kappa shape index (κ1) is 22.6. The third kappa shape index (κ3) is 6.40. The number of benzene rings is 2. The molecule has 0 fully saturated rings. The van der Waals surface area contributed by atoms with Crippen molar-refractivity contribution in [1.29, 1.82) is 0 Å². The van der Waals surface area contributed by atoms with Crippen LogP contribution in [0.15, 0.2) is 53.4 Å². The minimum absolute atomic E-state index is 0.00668. The molecule has 0 saturated heterocycles. The highest BCUT2D eigenvalue weighted by Crippen LogP contribution is 2.23. The van der Waals surface area contributed by atoms with Crippen molar-refractivity contribution in [1.82, 2.24) is 4.72 Å². The van der Waals surface area contributed by atoms with Gasteiger partial charge in [-0.05, 0) is 41.3 Å². The molecule has 29 heavy (non-hydrogen) atoms. The monoisotopic (exact) mass is 418 g/mol. The number of nitrogens with one attached hydrogen (secondary N) is 2. The van der Waals surface area contributed by atoms with Crippen LogP contribution in [0.3, 0.4) is 0 Å². The molecule has 2 aromatic rings. The number of hydrogen-bond acceptors (Lipinski definition) is 5. The number of ether oxygens (including phenoxy) is 1. The van der Waals surface area contributed by atoms with Gasteiger partial charge in [-0.15, -0.1) is 0 Å². The molecule has 0 spiro atoms. The number of rotatable bonds is 7. The fourth-order valence-corrected chi connectivity index (χ4v) is 3.62. The molecule has 0 atom stereocenters. The zero-order valence-corrected chi connectivity index (χ0v) is 17.8. The van der Waals surface area contributed by atoms with E-state index in [2.05, 4.69) is 30.8 Å². The van der Waals surface area contributed by atoms with Crippen molar-refractivity contribution >= 4 is 27.6 Å². The molecule has 1 amide bonds. The van der Waals surface area contributed by atoms with Crippen LogP contribution >= 0.6 is 0 Å². The van der Waals surface area contributed by atoms with Gasteiger partial charge in [0, 0.05) is 12.2 Å². The summed E-state index contributed by atoms with van der Waals surface area (Å²) in [6, 6.07) is 12.9. The lowest BCUT2D eigenvalue weighted by atomic mass is 9.87. The van der Waals surface area contributed by atoms with Gasteiger partial charge < -0.3 is 10.1 Å². The van der Waals surface area contributed by atoms with Crippen molar-refractivity contribution in [3.63, 3.8) is 0 Å². The van der Waals surface area contributed by atoms with Crippen molar-refractivity contribution in [3.8, 4) is 0 Å². The zero-order valence-electron chi connectivity index (χ0n) is 17.0. The SMILES string of the molecule is CCNS(=O)(=O)c1cccc(C(=O)OCC(=O)Nc2ccc(C(C)(C)C)cc2)c1. The van der Waals surface area contributed by atoms with E-state index >= 15 is 0 Å². The summed E-state index contributed by atoms with van der Waals surface area (Å²) in [5.41, 5.74) is 1.78. The average Bonchev–Trinajstić information content (AvgIpc) is 2.66. The van der Waals surface area contributed by atoms with Gasteiger partial charge in [-0.2, -0.15) is 0 Å². The van der Waals surface area contributed by atoms with Gasteiger partial charge >= 0.3 is 5.97 Å². The van der Waals surface area contributed by atoms with Gasteiger partial charge in [-0.1, -0.05) is 45.9 Å². The Morgan fingerprint density at radius 3 is 2.28 bits per heavy atom. The summed E-state index contributed by atoms with van der Waals surface area (Å²) in [6.45, 7) is 7.69. The molecule has 2 rings (SSSR count). The van der Waals surface area contributed by atoms with Crippen LogP contribution < -0.4 is 10.0 Å². The summed E-state index contributed by atoms with van der Waals surface area (Å²) in [7, 11) is -3.69. The molecule has 8 heteroatoms. The molecule has 0 bridgehead atoms. The van der Waals surface area contributed by atoms with Crippen molar-refractivity contribution in [3.05, 3.63) is 59.7 Å². The second-order valence-corrected chi connectivity index (χ2v) is 9.25. The average molecular weight is 419 g/mol. The van der Waals surface area contributed by atoms with E-state index in [1.54, 1.807) is 19.1 Å². The molecule has 2 aromatic carbocycles. The number of carbonyl (C=O) groups is 2. The number of anilines is 1. The summed E-state index contributed by atoms with van der Waals surface area (Å²) in [4.78, 5) is 24.2. The summed E-state index contributed by atoms with van der Waals surface area (Å²) in [5.74, 6) is -1.27. The topological polar surface area (TPSA) is 102 Å². The minimum atomic E-state index is -3.69. The number of carbonyl (C=O) groups excluding carboxylic acids is 2. The number of amides is 1. The van der Waals surface area contributed by atoms with Crippen LogP contribution in [-0.4, -0.2) is 33.4 Å². The van der Waals surface area contributed by atoms with E-state index in [-0.39, 0.29) is 22.4 Å². The number of hydrogen-bond donors (Lipinski definition) is 2. The normalized spacial score (nSPS) is 11.7. The van der Waals surface area contributed by atoms with Gasteiger partial charge in [-0.25, -0.2) is 17.9 Å². The van der Waals surface area contributed by atoms with Gasteiger partial charge in [0.15, 0.2) is 6.61 Å². The van der Waals surface area contributed by atoms with Crippen LogP contribution in [0.25, 0.3) is 0 Å². The maximum absolute atomic E-state index is 12.2. The molecule has 0 heterocycles. The lowest BCUT2D eigenvalue weighted by Gasteiger charge is -2.19. The van der Waals surface area contributed by atoms with Crippen molar-refractivity contribution in [2.45, 2.75) is 38.0 Å². The molecule has 0 radical (unpaired) electrons. The molecule has 0 saturated carbocycles. The van der Waals surface area contributed by atoms with E-state index in [4.69, 9.17) is 4.74 Å². The fourth-order valence-electron chi connectivity index (χ4n) is 2.53. The highest BCUT2D eigenvalue weighted by atomic mass is 32.2. The third-order valence-electron chi connectivity index (χ3n) is 4.08. The van der Waals surface area contributed by atoms with Crippen LogP contribution in [0.1, 0.15) is 43.6 Å². The van der Waals surface area contributed by atoms with Crippen LogP contribution in [-0.2, 0) is 25.0 Å². The standard InChI is InChI=1S/C21H26N2O5S/c1-5-22-29(26,27)18-8-6-7-15(13-18)20(25)28-14-19(24)23-17-11-9-16(10-12-17)21(2,3)4/h6-13,22H,5,14H2,1-4H3,(H,23,24). The molecule has 0 aliphatic carbocycles. The summed E-state index contributed by atoms with van der Waals surface area (Å²) in [6.07, 6.45) is 0. The lowest BCUT2D eigenvalue weighted by Crippen LogP contribution is -2.24. The molecule has 0 aromatic heterocycles. The largest absolute Gasteiger partial charge is 0.452 e. The Morgan fingerprint density at radius 1 is 1.03 bits per heavy atom. The van der Waals surface area contributed by atoms with Gasteiger partial charge in [0.2, 0.25) is 10.0 Å². The maximum Gasteiger partial charge on any atom is 0.338 e. The summed E-state index contributed by atoms with van der Waals surface area (Å²) >= 11 is 0. The predicted octanol–water partition coefficient (Wildman–Crippen LogP) is 3.08. The second kappa shape index (κ2) is 9.19. The Kier molecular flexibility index (Phi) is 7.16. The van der Waals surface area contributed by atoms with E-state index in [0.717, 1.165) is 5.56 Å². The van der Waals surface area contributed by atoms with Crippen molar-refractivity contribution in [2.24, 2.45) is 0 Å². The van der Waals surface area contributed by atoms with E-state index in [1.807, 2.05) is 12.1 Å². The second-order valence-electron chi connectivity index (χ2n) is 7.48. The van der Waals surface area contributed by atoms with Crippen molar-refractivity contribution < 1.29 is 22.7 Å². The van der Waals surface area contributed by atoms with Crippen LogP contribution in [0.4, 0.5) is 5.69 Å². The molecule has 0 aliphatic heterocycles. The van der Waals surface area contributed by atoms with Crippen molar-refractivity contribution in [2.75, 3.05) is 18.5 Å². The van der Waals surface area contributed by atoms with Gasteiger partial charge in [0.1, 0.15) is 0 Å². The van der Waals surface area contributed by atoms with E-state index in [1.165, 1.54) is 24.3 Å². The molecule has 2 N–H and O–H groups in total. The smallest absolute Gasteiger partial charge is 0.338 e. The zero-order chi connectivity index (χ0) is 21.7. The Labute approximate surface area is 171 Å². The first-order chi connectivity index (χ1) is 13.5. The maximum atomic E-state index is 12.2. The quantitative estimate of drug-likeness (QED) is 0.673. The highest BCUT2D eigenvalue weighted by Gasteiger charge is 2.17. The Balaban J connectivity index is 1.96. The first-order valence-corrected chi connectivity index (χ1v) is 10.7. The van der Waals surface area contributed by atoms with E-state index < -0.39 is 28.5 Å². The summed E-state index contributed by atoms with van der Waals surface area (Å²) in [5, 5.41) is 2.66. The van der Waals surface area contributed by atoms with Crippen LogP contribution in [0.5, 0.6) is 0 Å². The fraction of sp³-hybridized carbons (Fsp3) is 0.333. The van der Waals surface area contributed by atoms with Gasteiger partial charge in [0.25, 0.3) is 5.91 Å². The molecule has 156 valence electrons. The van der Waals surface area contributed by atoms with Crippen LogP contribution in [0.2, 0.25) is 0 Å². The number of sulfonamides is 1. The lowest BCUT2D eigenvalue weighted by molar-refractivity contribution is -0.119. The molecule has 0 unspecified atom stereocenters. The highest BCUT2D eigenvalue weighted by molar-refractivity contribution is 7.89. The number of esters is 1. The molecule has 7 nitrogen and oxygen atoms in total. The van der Waals surface area contributed by atoms with Gasteiger partial charge in [-0.3, -0.25) is 4.79 Å². The summed E-state index contributed by atoms with van der Waals surface area (Å²) < 4.78 is 31.4. The first-order valence-electron chi connectivity index (χ1n) is 9.20. The van der Waals surface area contributed by atoms with Crippen LogP contribution in [0, 0.1) is 0 Å². The Hall–Kier alpha value is -2.71. The Bertz CT molecular complexity index is 977. The molecular weight excluding hydrogens is 392 g/mol. The van der Waals surface area contributed by atoms with Gasteiger partial charge in [0.05, 0.1) is 10.5 Å². The predicted molar refractivity (Wildman–Crippen MR) is 111 cm³/mol. The molecule has 0 aliphatic rings. The third-order valence-corrected chi connectivity index (χ3v) is 5.63.